The number of amides is 1. The van der Waals surface area contributed by atoms with E-state index in [2.05, 4.69) is 4.98 Å². The lowest BCUT2D eigenvalue weighted by molar-refractivity contribution is -0.416. The molecular weight excluding hydrogens is 466 g/mol. The smallest absolute Gasteiger partial charge is 0.320 e. The Bertz CT molecular complexity index is 811. The van der Waals surface area contributed by atoms with E-state index in [0.29, 0.717) is 11.4 Å². The maximum absolute atomic E-state index is 13.5. The molecule has 1 heterocycles. The second kappa shape index (κ2) is 7.11. The van der Waals surface area contributed by atoms with E-state index in [-0.39, 0.29) is 6.07 Å². The predicted octanol–water partition coefficient (Wildman–Crippen LogP) is 5.45. The van der Waals surface area contributed by atoms with E-state index in [1.807, 2.05) is 0 Å². The maximum atomic E-state index is 13.5. The van der Waals surface area contributed by atoms with Crippen molar-refractivity contribution in [3.8, 4) is 0 Å². The van der Waals surface area contributed by atoms with Crippen molar-refractivity contribution >= 4 is 11.6 Å². The molecule has 0 saturated carbocycles. The molecule has 3 nitrogen and oxygen atoms in total. The fourth-order valence-electron chi connectivity index (χ4n) is 1.81. The first-order chi connectivity index (χ1) is 13.0. The van der Waals surface area contributed by atoms with Crippen molar-refractivity contribution in [2.45, 2.75) is 43.0 Å². The number of pyridine rings is 1. The summed E-state index contributed by atoms with van der Waals surface area (Å²) in [4.78, 5) is 14.1. The molecule has 0 fully saturated rings. The highest BCUT2D eigenvalue weighted by Crippen LogP contribution is 2.57. The molecule has 172 valence electrons. The molecule has 0 radical (unpaired) electrons. The van der Waals surface area contributed by atoms with E-state index in [1.54, 1.807) is 0 Å². The SMILES string of the molecule is Cc1cc(NC(=O)C(F)(F)C(F)(F)C(F)(F)C(F)(F)C(F)(F)F)cc(C(F)(F)F)n1. The minimum absolute atomic E-state index is 0.207. The third kappa shape index (κ3) is 4.10. The van der Waals surface area contributed by atoms with Gasteiger partial charge < -0.3 is 5.32 Å². The summed E-state index contributed by atoms with van der Waals surface area (Å²) in [5, 5.41) is 0.635. The highest BCUT2D eigenvalue weighted by molar-refractivity contribution is 5.97. The van der Waals surface area contributed by atoms with Gasteiger partial charge in [0.1, 0.15) is 5.69 Å². The Morgan fingerprint density at radius 1 is 0.767 bits per heavy atom. The molecule has 0 aliphatic heterocycles. The number of carbonyl (C=O) groups excluding carboxylic acids is 1. The molecule has 0 spiro atoms. The minimum Gasteiger partial charge on any atom is -0.320 e. The number of aromatic nitrogens is 1. The third-order valence-electron chi connectivity index (χ3n) is 3.33. The summed E-state index contributed by atoms with van der Waals surface area (Å²) in [6.45, 7) is 0.801. The number of hydrogen-bond donors (Lipinski definition) is 1. The van der Waals surface area contributed by atoms with Crippen LogP contribution >= 0.6 is 0 Å². The molecule has 1 amide bonds. The highest BCUT2D eigenvalue weighted by Gasteiger charge is 2.88. The van der Waals surface area contributed by atoms with Crippen molar-refractivity contribution in [3.63, 3.8) is 0 Å². The fourth-order valence-corrected chi connectivity index (χ4v) is 1.81. The summed E-state index contributed by atoms with van der Waals surface area (Å²) in [5.41, 5.74) is -3.87. The molecule has 17 heteroatoms. The normalized spacial score (nSPS) is 14.6. The van der Waals surface area contributed by atoms with Gasteiger partial charge in [-0.2, -0.15) is 61.5 Å². The first-order valence-electron chi connectivity index (χ1n) is 6.95. The average molecular weight is 472 g/mol. The van der Waals surface area contributed by atoms with Gasteiger partial charge in [-0.25, -0.2) is 4.98 Å². The van der Waals surface area contributed by atoms with E-state index in [1.165, 1.54) is 0 Å². The molecule has 0 aliphatic carbocycles. The van der Waals surface area contributed by atoms with Gasteiger partial charge in [-0.15, -0.1) is 0 Å². The zero-order valence-electron chi connectivity index (χ0n) is 13.8. The van der Waals surface area contributed by atoms with Crippen LogP contribution in [0.2, 0.25) is 0 Å². The van der Waals surface area contributed by atoms with E-state index in [0.717, 1.165) is 6.92 Å². The Kier molecular flexibility index (Phi) is 6.08. The van der Waals surface area contributed by atoms with Gasteiger partial charge in [0.25, 0.3) is 0 Å². The summed E-state index contributed by atoms with van der Waals surface area (Å²) in [6.07, 6.45) is -12.7. The molecule has 0 atom stereocenters. The number of aryl methyl sites for hydroxylation is 1. The van der Waals surface area contributed by atoms with E-state index in [4.69, 9.17) is 0 Å². The van der Waals surface area contributed by atoms with Crippen LogP contribution in [-0.4, -0.2) is 40.8 Å². The zero-order chi connectivity index (χ0) is 24.1. The van der Waals surface area contributed by atoms with Gasteiger partial charge in [-0.1, -0.05) is 0 Å². The van der Waals surface area contributed by atoms with Gasteiger partial charge >= 0.3 is 41.9 Å². The van der Waals surface area contributed by atoms with Crippen molar-refractivity contribution in [2.24, 2.45) is 0 Å². The Hall–Kier alpha value is -2.36. The minimum atomic E-state index is -7.83. The standard InChI is InChI=1S/C13H6F14N2O/c1-4-2-5(3-6(28-4)9(16,17)18)29-7(30)8(14,15)10(19,20)11(21,22)12(23,24)13(25,26)27/h2-3H,1H3,(H,28,29,30). The van der Waals surface area contributed by atoms with Crippen molar-refractivity contribution in [3.05, 3.63) is 23.5 Å². The number of halogens is 14. The third-order valence-corrected chi connectivity index (χ3v) is 3.33. The molecule has 1 aromatic heterocycles. The van der Waals surface area contributed by atoms with Gasteiger partial charge in [0.2, 0.25) is 0 Å². The number of nitrogens with zero attached hydrogens (tertiary/aromatic N) is 1. The van der Waals surface area contributed by atoms with Gasteiger partial charge in [-0.3, -0.25) is 4.79 Å². The van der Waals surface area contributed by atoms with Crippen molar-refractivity contribution in [2.75, 3.05) is 5.32 Å². The lowest BCUT2D eigenvalue weighted by Crippen LogP contribution is -2.68. The largest absolute Gasteiger partial charge is 0.460 e. The summed E-state index contributed by atoms with van der Waals surface area (Å²) in [6, 6.07) is 0.158. The summed E-state index contributed by atoms with van der Waals surface area (Å²) in [5.74, 6) is -33.7. The first-order valence-corrected chi connectivity index (χ1v) is 6.95. The summed E-state index contributed by atoms with van der Waals surface area (Å²) >= 11 is 0. The number of rotatable bonds is 5. The average Bonchev–Trinajstić information content (AvgIpc) is 2.51. The maximum Gasteiger partial charge on any atom is 0.460 e. The molecule has 1 rings (SSSR count). The lowest BCUT2D eigenvalue weighted by Gasteiger charge is -2.36. The Morgan fingerprint density at radius 3 is 1.63 bits per heavy atom. The number of alkyl halides is 14. The van der Waals surface area contributed by atoms with Gasteiger partial charge in [0, 0.05) is 11.4 Å². The second-order valence-electron chi connectivity index (χ2n) is 5.63. The topological polar surface area (TPSA) is 42.0 Å². The van der Waals surface area contributed by atoms with Gasteiger partial charge in [-0.05, 0) is 19.1 Å². The predicted molar refractivity (Wildman–Crippen MR) is 68.4 cm³/mol. The van der Waals surface area contributed by atoms with Crippen LogP contribution in [0.5, 0.6) is 0 Å². The summed E-state index contributed by atoms with van der Waals surface area (Å²) in [7, 11) is 0. The van der Waals surface area contributed by atoms with E-state index < -0.39 is 59.0 Å². The van der Waals surface area contributed by atoms with Crippen LogP contribution < -0.4 is 5.32 Å². The van der Waals surface area contributed by atoms with Crippen LogP contribution in [0.25, 0.3) is 0 Å². The molecule has 30 heavy (non-hydrogen) atoms. The monoisotopic (exact) mass is 472 g/mol. The Balaban J connectivity index is 3.37. The van der Waals surface area contributed by atoms with Gasteiger partial charge in [0.15, 0.2) is 0 Å². The molecule has 0 aliphatic rings. The molecule has 0 unspecified atom stereocenters. The van der Waals surface area contributed by atoms with E-state index in [9.17, 15) is 66.3 Å². The molecular formula is C13H6F14N2O. The Morgan fingerprint density at radius 2 is 1.23 bits per heavy atom. The van der Waals surface area contributed by atoms with Crippen LogP contribution in [-0.2, 0) is 11.0 Å². The van der Waals surface area contributed by atoms with Gasteiger partial charge in [0.05, 0.1) is 0 Å². The van der Waals surface area contributed by atoms with Crippen molar-refractivity contribution in [1.29, 1.82) is 0 Å². The summed E-state index contributed by atoms with van der Waals surface area (Å²) < 4.78 is 179. The van der Waals surface area contributed by atoms with Crippen molar-refractivity contribution in [1.82, 2.24) is 4.98 Å². The van der Waals surface area contributed by atoms with Crippen LogP contribution in [0.1, 0.15) is 11.4 Å². The quantitative estimate of drug-likeness (QED) is 0.580. The molecule has 0 aromatic carbocycles. The molecule has 0 saturated heterocycles. The molecule has 1 aromatic rings. The molecule has 0 bridgehead atoms. The highest BCUT2D eigenvalue weighted by atomic mass is 19.4. The number of nitrogens with one attached hydrogen (secondary N) is 1. The number of anilines is 1. The Labute approximate surface area is 156 Å². The van der Waals surface area contributed by atoms with Crippen LogP contribution in [0.4, 0.5) is 67.2 Å². The van der Waals surface area contributed by atoms with Crippen molar-refractivity contribution < 1.29 is 66.3 Å². The van der Waals surface area contributed by atoms with Crippen LogP contribution in [0.15, 0.2) is 12.1 Å². The lowest BCUT2D eigenvalue weighted by atomic mass is 9.97. The first kappa shape index (κ1) is 25.7. The second-order valence-corrected chi connectivity index (χ2v) is 5.63. The zero-order valence-corrected chi connectivity index (χ0v) is 13.8. The van der Waals surface area contributed by atoms with Crippen LogP contribution in [0, 0.1) is 6.92 Å². The van der Waals surface area contributed by atoms with E-state index >= 15 is 0 Å². The molecule has 1 N–H and O–H groups in total. The van der Waals surface area contributed by atoms with Crippen LogP contribution in [0.3, 0.4) is 0 Å². The number of hydrogen-bond acceptors (Lipinski definition) is 2. The number of carbonyl (C=O) groups is 1. The fraction of sp³-hybridized carbons (Fsp3) is 0.538.